The molecule has 1 aromatic heterocycles. The molecule has 1 heterocycles. The molecule has 88 valence electrons. The van der Waals surface area contributed by atoms with Gasteiger partial charge in [-0.3, -0.25) is 24.9 Å². The van der Waals surface area contributed by atoms with Crippen molar-refractivity contribution in [2.75, 3.05) is 5.73 Å². The lowest BCUT2D eigenvalue weighted by atomic mass is 10.2. The molecule has 0 saturated carbocycles. The van der Waals surface area contributed by atoms with Crippen LogP contribution in [-0.4, -0.2) is 19.6 Å². The zero-order chi connectivity index (χ0) is 12.7. The summed E-state index contributed by atoms with van der Waals surface area (Å²) in [5.74, 6) is 0.0235. The van der Waals surface area contributed by atoms with E-state index in [2.05, 4.69) is 5.10 Å². The molecule has 9 nitrogen and oxygen atoms in total. The average Bonchev–Trinajstić information content (AvgIpc) is 2.53. The summed E-state index contributed by atoms with van der Waals surface area (Å²) >= 11 is 0. The van der Waals surface area contributed by atoms with Crippen molar-refractivity contribution in [1.82, 2.24) is 9.78 Å². The lowest BCUT2D eigenvalue weighted by Gasteiger charge is -1.96. The molecule has 0 radical (unpaired) electrons. The van der Waals surface area contributed by atoms with Crippen LogP contribution in [0.15, 0.2) is 12.1 Å². The second kappa shape index (κ2) is 3.40. The summed E-state index contributed by atoms with van der Waals surface area (Å²) in [5.41, 5.74) is 4.65. The summed E-state index contributed by atoms with van der Waals surface area (Å²) < 4.78 is 1.24. The highest BCUT2D eigenvalue weighted by Gasteiger charge is 2.30. The van der Waals surface area contributed by atoms with Crippen LogP contribution in [0.1, 0.15) is 0 Å². The largest absolute Gasteiger partial charge is 0.383 e. The van der Waals surface area contributed by atoms with Gasteiger partial charge in [0, 0.05) is 13.1 Å². The predicted molar refractivity (Wildman–Crippen MR) is 58.4 cm³/mol. The molecule has 9 heteroatoms. The van der Waals surface area contributed by atoms with E-state index in [0.29, 0.717) is 0 Å². The van der Waals surface area contributed by atoms with Crippen LogP contribution < -0.4 is 5.73 Å². The Bertz CT molecular complexity index is 647. The van der Waals surface area contributed by atoms with Gasteiger partial charge in [0.05, 0.1) is 9.85 Å². The zero-order valence-electron chi connectivity index (χ0n) is 8.65. The molecule has 0 aliphatic rings. The highest BCUT2D eigenvalue weighted by molar-refractivity contribution is 6.00. The topological polar surface area (TPSA) is 130 Å². The fourth-order valence-electron chi connectivity index (χ4n) is 1.61. The Hall–Kier alpha value is -2.71. The first-order chi connectivity index (χ1) is 7.93. The maximum absolute atomic E-state index is 10.9. The van der Waals surface area contributed by atoms with Crippen LogP contribution in [0, 0.1) is 20.2 Å². The van der Waals surface area contributed by atoms with E-state index in [9.17, 15) is 20.2 Å². The molecule has 2 rings (SSSR count). The quantitative estimate of drug-likeness (QED) is 0.611. The first-order valence-electron chi connectivity index (χ1n) is 4.47. The Kier molecular flexibility index (Phi) is 2.16. The maximum Gasteiger partial charge on any atom is 0.359 e. The van der Waals surface area contributed by atoms with E-state index in [1.54, 1.807) is 0 Å². The first-order valence-corrected chi connectivity index (χ1v) is 4.47. The lowest BCUT2D eigenvalue weighted by Crippen LogP contribution is -2.00. The average molecular weight is 237 g/mol. The van der Waals surface area contributed by atoms with E-state index in [4.69, 9.17) is 5.73 Å². The van der Waals surface area contributed by atoms with Crippen molar-refractivity contribution in [3.8, 4) is 0 Å². The molecule has 17 heavy (non-hydrogen) atoms. The fraction of sp³-hybridized carbons (Fsp3) is 0.125. The third kappa shape index (κ3) is 1.44. The number of fused-ring (bicyclic) bond motifs is 1. The Morgan fingerprint density at radius 2 is 1.94 bits per heavy atom. The van der Waals surface area contributed by atoms with Crippen molar-refractivity contribution in [3.05, 3.63) is 32.4 Å². The SMILES string of the molecule is Cn1nc2ccc([N+](=O)[O-])c([N+](=O)[O-])c2c1N. The monoisotopic (exact) mass is 237 g/mol. The van der Waals surface area contributed by atoms with Gasteiger partial charge in [0.2, 0.25) is 0 Å². The van der Waals surface area contributed by atoms with Crippen LogP contribution in [0.5, 0.6) is 0 Å². The van der Waals surface area contributed by atoms with Crippen LogP contribution in [0.25, 0.3) is 10.9 Å². The van der Waals surface area contributed by atoms with Crippen molar-refractivity contribution in [3.63, 3.8) is 0 Å². The number of hydrogen-bond donors (Lipinski definition) is 1. The maximum atomic E-state index is 10.9. The minimum Gasteiger partial charge on any atom is -0.383 e. The van der Waals surface area contributed by atoms with Gasteiger partial charge in [-0.1, -0.05) is 0 Å². The molecule has 1 aromatic carbocycles. The Balaban J connectivity index is 2.97. The van der Waals surface area contributed by atoms with Gasteiger partial charge in [0.1, 0.15) is 16.7 Å². The molecule has 0 aliphatic carbocycles. The molecule has 0 unspecified atom stereocenters. The van der Waals surface area contributed by atoms with Gasteiger partial charge in [-0.25, -0.2) is 0 Å². The molecule has 0 saturated heterocycles. The number of benzene rings is 1. The summed E-state index contributed by atoms with van der Waals surface area (Å²) in [7, 11) is 1.50. The molecule has 0 spiro atoms. The van der Waals surface area contributed by atoms with Gasteiger partial charge >= 0.3 is 11.4 Å². The number of nitro benzene ring substituents is 2. The van der Waals surface area contributed by atoms with Crippen molar-refractivity contribution >= 4 is 28.1 Å². The number of nitrogens with zero attached hydrogens (tertiary/aromatic N) is 4. The van der Waals surface area contributed by atoms with Crippen LogP contribution in [0.2, 0.25) is 0 Å². The Morgan fingerprint density at radius 1 is 1.29 bits per heavy atom. The van der Waals surface area contributed by atoms with Crippen LogP contribution in [0.4, 0.5) is 17.2 Å². The minimum atomic E-state index is -0.821. The fourth-order valence-corrected chi connectivity index (χ4v) is 1.61. The van der Waals surface area contributed by atoms with E-state index < -0.39 is 21.2 Å². The number of aromatic nitrogens is 2. The molecule has 0 bridgehead atoms. The summed E-state index contributed by atoms with van der Waals surface area (Å²) in [4.78, 5) is 20.0. The number of aryl methyl sites for hydroxylation is 1. The molecular formula is C8H7N5O4. The van der Waals surface area contributed by atoms with Gasteiger partial charge in [-0.05, 0) is 6.07 Å². The molecule has 0 aliphatic heterocycles. The third-order valence-electron chi connectivity index (χ3n) is 2.38. The summed E-state index contributed by atoms with van der Waals surface area (Å²) in [6.45, 7) is 0. The smallest absolute Gasteiger partial charge is 0.359 e. The van der Waals surface area contributed by atoms with E-state index in [0.717, 1.165) is 6.07 Å². The van der Waals surface area contributed by atoms with E-state index in [-0.39, 0.29) is 16.7 Å². The Labute approximate surface area is 93.7 Å². The minimum absolute atomic E-state index is 0.00769. The zero-order valence-corrected chi connectivity index (χ0v) is 8.65. The van der Waals surface area contributed by atoms with Crippen molar-refractivity contribution in [2.45, 2.75) is 0 Å². The van der Waals surface area contributed by atoms with Crippen molar-refractivity contribution in [1.29, 1.82) is 0 Å². The molecule has 0 fully saturated rings. The second-order valence-electron chi connectivity index (χ2n) is 3.35. The van der Waals surface area contributed by atoms with E-state index >= 15 is 0 Å². The van der Waals surface area contributed by atoms with Gasteiger partial charge in [0.25, 0.3) is 0 Å². The van der Waals surface area contributed by atoms with Gasteiger partial charge in [-0.15, -0.1) is 0 Å². The summed E-state index contributed by atoms with van der Waals surface area (Å²) in [6, 6.07) is 2.38. The molecule has 2 aromatic rings. The van der Waals surface area contributed by atoms with E-state index in [1.165, 1.54) is 17.8 Å². The van der Waals surface area contributed by atoms with Crippen LogP contribution in [0.3, 0.4) is 0 Å². The first kappa shape index (κ1) is 10.8. The highest BCUT2D eigenvalue weighted by atomic mass is 16.6. The molecule has 2 N–H and O–H groups in total. The number of nitrogen functional groups attached to an aromatic ring is 1. The van der Waals surface area contributed by atoms with Crippen molar-refractivity contribution in [2.24, 2.45) is 7.05 Å². The van der Waals surface area contributed by atoms with Crippen molar-refractivity contribution < 1.29 is 9.85 Å². The number of anilines is 1. The lowest BCUT2D eigenvalue weighted by molar-refractivity contribution is -0.421. The normalized spacial score (nSPS) is 10.6. The Morgan fingerprint density at radius 3 is 2.47 bits per heavy atom. The summed E-state index contributed by atoms with van der Waals surface area (Å²) in [6.07, 6.45) is 0. The molecule has 0 atom stereocenters. The van der Waals surface area contributed by atoms with Gasteiger partial charge in [-0.2, -0.15) is 5.10 Å². The standard InChI is InChI=1S/C8H7N5O4/c1-11-8(9)6-4(10-11)2-3-5(12(14)15)7(6)13(16)17/h2-3H,9H2,1H3. The van der Waals surface area contributed by atoms with Crippen LogP contribution >= 0.6 is 0 Å². The van der Waals surface area contributed by atoms with Gasteiger partial charge < -0.3 is 5.73 Å². The van der Waals surface area contributed by atoms with E-state index in [1.807, 2.05) is 0 Å². The number of nitro groups is 2. The molecule has 0 amide bonds. The second-order valence-corrected chi connectivity index (χ2v) is 3.35. The molecular weight excluding hydrogens is 230 g/mol. The number of rotatable bonds is 2. The van der Waals surface area contributed by atoms with Gasteiger partial charge in [0.15, 0.2) is 0 Å². The number of nitrogens with two attached hydrogens (primary N) is 1. The highest BCUT2D eigenvalue weighted by Crippen LogP contribution is 2.37. The summed E-state index contributed by atoms with van der Waals surface area (Å²) in [5, 5.41) is 25.5. The third-order valence-corrected chi connectivity index (χ3v) is 2.38. The number of hydrogen-bond acceptors (Lipinski definition) is 6. The van der Waals surface area contributed by atoms with Crippen LogP contribution in [-0.2, 0) is 7.05 Å². The predicted octanol–water partition coefficient (Wildman–Crippen LogP) is 0.972.